The van der Waals surface area contributed by atoms with Gasteiger partial charge >= 0.3 is 17.9 Å². The average Bonchev–Trinajstić information content (AvgIpc) is 3.68. The summed E-state index contributed by atoms with van der Waals surface area (Å²) >= 11 is 0.747. The highest BCUT2D eigenvalue weighted by molar-refractivity contribution is 7.22. The van der Waals surface area contributed by atoms with Gasteiger partial charge in [-0.25, -0.2) is 31.9 Å². The fourth-order valence-corrected chi connectivity index (χ4v) is 7.44. The third kappa shape index (κ3) is 5.97. The normalized spacial score (nSPS) is 21.7. The maximum Gasteiger partial charge on any atom is 0.434 e. The van der Waals surface area contributed by atoms with Crippen molar-refractivity contribution < 1.29 is 36.4 Å². The number of hydrogen-bond donors (Lipinski definition) is 2. The van der Waals surface area contributed by atoms with Gasteiger partial charge in [-0.05, 0) is 40.2 Å². The van der Waals surface area contributed by atoms with E-state index in [0.717, 1.165) is 30.7 Å². The fraction of sp³-hybridized carbons (Fsp3) is 0.484. The number of anilines is 1. The van der Waals surface area contributed by atoms with Gasteiger partial charge in [0.05, 0.1) is 34.1 Å². The zero-order valence-electron chi connectivity index (χ0n) is 26.0. The van der Waals surface area contributed by atoms with E-state index in [2.05, 4.69) is 35.5 Å². The molecular weight excluding hydrogens is 640 g/mol. The maximum absolute atomic E-state index is 16.6. The largest absolute Gasteiger partial charge is 0.444 e. The van der Waals surface area contributed by atoms with Crippen molar-refractivity contribution in [2.24, 2.45) is 0 Å². The van der Waals surface area contributed by atoms with Crippen molar-refractivity contribution in [2.45, 2.75) is 57.3 Å². The second-order valence-corrected chi connectivity index (χ2v) is 14.0. The Balaban J connectivity index is 1.32. The first-order valence-corrected chi connectivity index (χ1v) is 16.2. The van der Waals surface area contributed by atoms with Crippen LogP contribution < -0.4 is 15.4 Å². The number of nitrogens with zero attached hydrogens (tertiary/aromatic N) is 6. The Labute approximate surface area is 271 Å². The Morgan fingerprint density at radius 3 is 2.81 bits per heavy atom. The smallest absolute Gasteiger partial charge is 0.434 e. The van der Waals surface area contributed by atoms with Crippen LogP contribution in [-0.2, 0) is 4.74 Å². The van der Waals surface area contributed by atoms with Crippen molar-refractivity contribution in [1.29, 1.82) is 0 Å². The molecule has 4 aromatic rings. The number of fused-ring (bicyclic) bond motifs is 3. The molecule has 16 heteroatoms. The van der Waals surface area contributed by atoms with Crippen LogP contribution in [0.3, 0.4) is 0 Å². The molecule has 0 aliphatic carbocycles. The molecule has 11 nitrogen and oxygen atoms in total. The van der Waals surface area contributed by atoms with E-state index in [-0.39, 0.29) is 38.9 Å². The molecule has 0 unspecified atom stereocenters. The van der Waals surface area contributed by atoms with E-state index in [1.807, 2.05) is 10.8 Å². The quantitative estimate of drug-likeness (QED) is 0.207. The van der Waals surface area contributed by atoms with Crippen molar-refractivity contribution in [1.82, 2.24) is 30.2 Å². The van der Waals surface area contributed by atoms with Crippen LogP contribution in [0.1, 0.15) is 40.0 Å². The van der Waals surface area contributed by atoms with Gasteiger partial charge in [-0.15, -0.1) is 0 Å². The van der Waals surface area contributed by atoms with E-state index in [1.165, 1.54) is 6.20 Å². The first-order chi connectivity index (χ1) is 22.4. The Hall–Kier alpha value is -4.02. The molecule has 248 valence electrons. The molecule has 7 rings (SSSR count). The van der Waals surface area contributed by atoms with Gasteiger partial charge in [-0.2, -0.15) is 4.98 Å². The lowest BCUT2D eigenvalue weighted by Gasteiger charge is -2.30. The zero-order chi connectivity index (χ0) is 33.1. The Kier molecular flexibility index (Phi) is 7.99. The SMILES string of the molecule is CC(C)(C)OC(=O)Nc1nc2c(-c3ncc4c([N+]5=CCNCC5)nc(OC[C@@]56CCCN5C[C@H](F)C6)nc4c3F)c(F)cc(F)c2s1. The van der Waals surface area contributed by atoms with Crippen molar-refractivity contribution >= 4 is 55.7 Å². The molecule has 3 aromatic heterocycles. The predicted molar refractivity (Wildman–Crippen MR) is 168 cm³/mol. The third-order valence-electron chi connectivity index (χ3n) is 8.55. The number of pyridine rings is 1. The second-order valence-electron chi connectivity index (χ2n) is 13.0. The van der Waals surface area contributed by atoms with Crippen LogP contribution in [0, 0.1) is 17.5 Å². The molecule has 47 heavy (non-hydrogen) atoms. The number of aromatic nitrogens is 4. The van der Waals surface area contributed by atoms with Crippen LogP contribution in [0.25, 0.3) is 32.4 Å². The van der Waals surface area contributed by atoms with Gasteiger partial charge in [-0.1, -0.05) is 11.3 Å². The molecule has 1 amide bonds. The van der Waals surface area contributed by atoms with Gasteiger partial charge in [0, 0.05) is 36.8 Å². The van der Waals surface area contributed by atoms with E-state index in [0.29, 0.717) is 44.5 Å². The minimum atomic E-state index is -1.10. The highest BCUT2D eigenvalue weighted by atomic mass is 32.1. The molecule has 2 saturated heterocycles. The van der Waals surface area contributed by atoms with Crippen molar-refractivity contribution in [3.05, 3.63) is 29.7 Å². The number of carbonyl (C=O) groups excluding carboxylic acids is 1. The summed E-state index contributed by atoms with van der Waals surface area (Å²) in [6, 6.07) is 0.515. The summed E-state index contributed by atoms with van der Waals surface area (Å²) in [4.78, 5) is 32.0. The number of thiazole rings is 1. The lowest BCUT2D eigenvalue weighted by molar-refractivity contribution is -0.440. The molecular formula is C31H33F4N8O3S+. The van der Waals surface area contributed by atoms with Crippen LogP contribution in [0.15, 0.2) is 12.3 Å². The number of carbonyl (C=O) groups is 1. The summed E-state index contributed by atoms with van der Waals surface area (Å²) in [5, 5.41) is 5.83. The molecule has 1 aromatic carbocycles. The molecule has 2 fully saturated rings. The van der Waals surface area contributed by atoms with Gasteiger partial charge in [-0.3, -0.25) is 15.2 Å². The van der Waals surface area contributed by atoms with E-state index in [9.17, 15) is 13.6 Å². The maximum atomic E-state index is 16.6. The molecule has 3 aliphatic heterocycles. The van der Waals surface area contributed by atoms with Crippen LogP contribution in [-0.4, -0.2) is 98.4 Å². The van der Waals surface area contributed by atoms with Gasteiger partial charge in [0.15, 0.2) is 10.9 Å². The molecule has 2 atom stereocenters. The number of hydrogen-bond acceptors (Lipinski definition) is 10. The van der Waals surface area contributed by atoms with Crippen molar-refractivity contribution in [3.63, 3.8) is 0 Å². The summed E-state index contributed by atoms with van der Waals surface area (Å²) in [6.45, 7) is 7.99. The average molecular weight is 674 g/mol. The van der Waals surface area contributed by atoms with Crippen molar-refractivity contribution in [3.8, 4) is 17.3 Å². The molecule has 0 radical (unpaired) electrons. The minimum absolute atomic E-state index is 0.0708. The summed E-state index contributed by atoms with van der Waals surface area (Å²) in [5.41, 5.74) is -2.56. The Bertz CT molecular complexity index is 1930. The van der Waals surface area contributed by atoms with Crippen molar-refractivity contribution in [2.75, 3.05) is 44.6 Å². The summed E-state index contributed by atoms with van der Waals surface area (Å²) in [7, 11) is 0. The van der Waals surface area contributed by atoms with Crippen LogP contribution >= 0.6 is 11.3 Å². The molecule has 0 saturated carbocycles. The molecule has 0 bridgehead atoms. The van der Waals surface area contributed by atoms with Gasteiger partial charge < -0.3 is 14.8 Å². The van der Waals surface area contributed by atoms with E-state index in [4.69, 9.17) is 9.47 Å². The molecule has 6 heterocycles. The van der Waals surface area contributed by atoms with Crippen LogP contribution in [0.2, 0.25) is 0 Å². The number of benzene rings is 1. The number of amides is 1. The molecule has 2 N–H and O–H groups in total. The summed E-state index contributed by atoms with van der Waals surface area (Å²) < 4.78 is 74.6. The van der Waals surface area contributed by atoms with Gasteiger partial charge in [0.25, 0.3) is 0 Å². The fourth-order valence-electron chi connectivity index (χ4n) is 6.57. The van der Waals surface area contributed by atoms with Gasteiger partial charge in [0.1, 0.15) is 53.2 Å². The molecule has 0 spiro atoms. The Morgan fingerprint density at radius 2 is 2.04 bits per heavy atom. The topological polar surface area (TPSA) is 117 Å². The lowest BCUT2D eigenvalue weighted by atomic mass is 9.95. The second kappa shape index (κ2) is 11.9. The summed E-state index contributed by atoms with van der Waals surface area (Å²) in [6.07, 6.45) is 3.42. The zero-order valence-corrected chi connectivity index (χ0v) is 26.8. The predicted octanol–water partition coefficient (Wildman–Crippen LogP) is 5.34. The van der Waals surface area contributed by atoms with Gasteiger partial charge in [0.2, 0.25) is 0 Å². The number of rotatable bonds is 6. The first kappa shape index (κ1) is 31.6. The summed E-state index contributed by atoms with van der Waals surface area (Å²) in [5.74, 6) is -2.67. The van der Waals surface area contributed by atoms with E-state index in [1.54, 1.807) is 20.8 Å². The molecule has 3 aliphatic rings. The van der Waals surface area contributed by atoms with Crippen LogP contribution in [0.4, 0.5) is 33.3 Å². The Morgan fingerprint density at radius 1 is 1.21 bits per heavy atom. The third-order valence-corrected chi connectivity index (χ3v) is 9.53. The number of ether oxygens (including phenoxy) is 2. The monoisotopic (exact) mass is 673 g/mol. The van der Waals surface area contributed by atoms with Crippen LogP contribution in [0.5, 0.6) is 6.01 Å². The number of alkyl halides is 1. The number of nitrogens with one attached hydrogen (secondary N) is 2. The minimum Gasteiger partial charge on any atom is -0.444 e. The highest BCUT2D eigenvalue weighted by Gasteiger charge is 2.49. The highest BCUT2D eigenvalue weighted by Crippen LogP contribution is 2.42. The standard InChI is InChI=1S/C31H32F4N8O3S/c1-30(2,3)46-29(44)41-28-39-24-20(18(33)11-19(34)25(24)47-28)23-21(35)22-17(13-37-23)26(42-9-6-36-7-10-42)40-27(38-22)45-15-31-5-4-8-43(31)14-16(32)12-31/h9,11,13,16,36H,4-8,10,12,14-15H2,1-3H3/p+1/t16-,31+/m1/s1. The van der Waals surface area contributed by atoms with E-state index >= 15 is 8.78 Å². The first-order valence-electron chi connectivity index (χ1n) is 15.4. The number of halogens is 4. The van der Waals surface area contributed by atoms with E-state index < -0.39 is 52.1 Å². The lowest BCUT2D eigenvalue weighted by Crippen LogP contribution is -2.43.